The summed E-state index contributed by atoms with van der Waals surface area (Å²) in [5.41, 5.74) is 3.08. The Bertz CT molecular complexity index is 1700. The second-order valence-corrected chi connectivity index (χ2v) is 10.6. The Morgan fingerprint density at radius 2 is 1.54 bits per heavy atom. The molecule has 0 radical (unpaired) electrons. The van der Waals surface area contributed by atoms with Crippen molar-refractivity contribution in [3.63, 3.8) is 0 Å². The molecule has 5 aromatic rings. The number of amides is 1. The van der Waals surface area contributed by atoms with Gasteiger partial charge in [-0.1, -0.05) is 48.5 Å². The Hall–Kier alpha value is -4.30. The lowest BCUT2D eigenvalue weighted by atomic mass is 10.1. The molecule has 188 valence electrons. The zero-order valence-electron chi connectivity index (χ0n) is 20.6. The molecular formula is C29H27N3O4S. The van der Waals surface area contributed by atoms with Crippen LogP contribution in [0.3, 0.4) is 0 Å². The topological polar surface area (TPSA) is 80.6 Å². The zero-order valence-corrected chi connectivity index (χ0v) is 21.4. The number of hydrogen-bond donors (Lipinski definition) is 1. The molecule has 4 aromatic carbocycles. The molecule has 1 amide bonds. The van der Waals surface area contributed by atoms with Crippen molar-refractivity contribution < 1.29 is 17.9 Å². The first kappa shape index (κ1) is 24.4. The third kappa shape index (κ3) is 5.01. The SMILES string of the molecule is CCn1c2ccccc2c2cc(NC(=O)CN(c3ccccc3Oc3ccccc3)S(C)(=O)=O)ccc21. The summed E-state index contributed by atoms with van der Waals surface area (Å²) in [7, 11) is -3.79. The second kappa shape index (κ2) is 9.99. The lowest BCUT2D eigenvalue weighted by Gasteiger charge is -2.24. The summed E-state index contributed by atoms with van der Waals surface area (Å²) < 4.78 is 34.8. The Morgan fingerprint density at radius 1 is 0.865 bits per heavy atom. The van der Waals surface area contributed by atoms with E-state index < -0.39 is 22.5 Å². The molecule has 0 aliphatic heterocycles. The highest BCUT2D eigenvalue weighted by molar-refractivity contribution is 7.92. The number of fused-ring (bicyclic) bond motifs is 3. The molecule has 0 aliphatic rings. The molecule has 7 nitrogen and oxygen atoms in total. The number of benzene rings is 4. The van der Waals surface area contributed by atoms with E-state index in [9.17, 15) is 13.2 Å². The molecule has 1 N–H and O–H groups in total. The van der Waals surface area contributed by atoms with Crippen LogP contribution in [0.5, 0.6) is 11.5 Å². The smallest absolute Gasteiger partial charge is 0.245 e. The quantitative estimate of drug-likeness (QED) is 0.275. The maximum atomic E-state index is 13.1. The van der Waals surface area contributed by atoms with Crippen LogP contribution in [0.15, 0.2) is 97.1 Å². The van der Waals surface area contributed by atoms with Crippen LogP contribution < -0.4 is 14.4 Å². The summed E-state index contributed by atoms with van der Waals surface area (Å²) >= 11 is 0. The highest BCUT2D eigenvalue weighted by Crippen LogP contribution is 2.34. The van der Waals surface area contributed by atoms with Crippen molar-refractivity contribution in [3.05, 3.63) is 97.1 Å². The molecule has 0 atom stereocenters. The highest BCUT2D eigenvalue weighted by atomic mass is 32.2. The molecule has 0 spiro atoms. The van der Waals surface area contributed by atoms with Gasteiger partial charge in [0, 0.05) is 34.0 Å². The Labute approximate surface area is 215 Å². The molecule has 1 heterocycles. The van der Waals surface area contributed by atoms with Gasteiger partial charge in [0.1, 0.15) is 12.3 Å². The maximum Gasteiger partial charge on any atom is 0.245 e. The standard InChI is InChI=1S/C29H27N3O4S/c1-3-31-25-14-8-7-13-23(25)24-19-21(17-18-26(24)31)30-29(33)20-32(37(2,34)35)27-15-9-10-16-28(27)36-22-11-5-4-6-12-22/h4-19H,3,20H2,1-2H3,(H,30,33). The summed E-state index contributed by atoms with van der Waals surface area (Å²) in [5, 5.41) is 4.99. The lowest BCUT2D eigenvalue weighted by Crippen LogP contribution is -2.37. The predicted molar refractivity (Wildman–Crippen MR) is 149 cm³/mol. The maximum absolute atomic E-state index is 13.1. The van der Waals surface area contributed by atoms with Gasteiger partial charge in [0.05, 0.1) is 11.9 Å². The fourth-order valence-electron chi connectivity index (χ4n) is 4.55. The van der Waals surface area contributed by atoms with E-state index in [1.54, 1.807) is 36.4 Å². The van der Waals surface area contributed by atoms with Gasteiger partial charge in [0.2, 0.25) is 15.9 Å². The molecular weight excluding hydrogens is 486 g/mol. The number of anilines is 2. The summed E-state index contributed by atoms with van der Waals surface area (Å²) in [6, 6.07) is 29.7. The first-order valence-electron chi connectivity index (χ1n) is 12.0. The van der Waals surface area contributed by atoms with E-state index in [0.29, 0.717) is 17.2 Å². The summed E-state index contributed by atoms with van der Waals surface area (Å²) in [6.45, 7) is 2.52. The average Bonchev–Trinajstić information content (AvgIpc) is 3.21. The zero-order chi connectivity index (χ0) is 26.0. The molecule has 37 heavy (non-hydrogen) atoms. The van der Waals surface area contributed by atoms with Crippen LogP contribution in [-0.4, -0.2) is 31.7 Å². The summed E-state index contributed by atoms with van der Waals surface area (Å²) in [6.07, 6.45) is 1.07. The molecule has 8 heteroatoms. The predicted octanol–water partition coefficient (Wildman–Crippen LogP) is 6.01. The van der Waals surface area contributed by atoms with Crippen molar-refractivity contribution in [1.82, 2.24) is 4.57 Å². The number of sulfonamides is 1. The monoisotopic (exact) mass is 513 g/mol. The first-order valence-corrected chi connectivity index (χ1v) is 13.8. The third-order valence-corrected chi connectivity index (χ3v) is 7.29. The van der Waals surface area contributed by atoms with E-state index in [4.69, 9.17) is 4.74 Å². The largest absolute Gasteiger partial charge is 0.455 e. The number of para-hydroxylation sites is 4. The first-order chi connectivity index (χ1) is 17.8. The van der Waals surface area contributed by atoms with Crippen LogP contribution >= 0.6 is 0 Å². The fraction of sp³-hybridized carbons (Fsp3) is 0.138. The van der Waals surface area contributed by atoms with Crippen molar-refractivity contribution in [2.75, 3.05) is 22.4 Å². The third-order valence-electron chi connectivity index (χ3n) is 6.16. The number of aromatic nitrogens is 1. The van der Waals surface area contributed by atoms with Crippen LogP contribution in [0.1, 0.15) is 6.92 Å². The second-order valence-electron chi connectivity index (χ2n) is 8.69. The van der Waals surface area contributed by atoms with Gasteiger partial charge < -0.3 is 14.6 Å². The van der Waals surface area contributed by atoms with Crippen LogP contribution in [-0.2, 0) is 21.4 Å². The van der Waals surface area contributed by atoms with Crippen molar-refractivity contribution >= 4 is 49.1 Å². The Kier molecular flexibility index (Phi) is 6.58. The van der Waals surface area contributed by atoms with Crippen LogP contribution in [0.4, 0.5) is 11.4 Å². The molecule has 0 unspecified atom stereocenters. The van der Waals surface area contributed by atoms with Gasteiger partial charge in [0.15, 0.2) is 5.75 Å². The van der Waals surface area contributed by atoms with Crippen LogP contribution in [0.2, 0.25) is 0 Å². The lowest BCUT2D eigenvalue weighted by molar-refractivity contribution is -0.114. The van der Waals surface area contributed by atoms with Gasteiger partial charge in [-0.3, -0.25) is 9.10 Å². The normalized spacial score (nSPS) is 11.5. The molecule has 5 rings (SSSR count). The van der Waals surface area contributed by atoms with E-state index >= 15 is 0 Å². The summed E-state index contributed by atoms with van der Waals surface area (Å²) in [4.78, 5) is 13.1. The minimum absolute atomic E-state index is 0.283. The minimum Gasteiger partial charge on any atom is -0.455 e. The molecule has 0 aliphatic carbocycles. The van der Waals surface area contributed by atoms with E-state index in [2.05, 4.69) is 28.9 Å². The molecule has 0 saturated heterocycles. The van der Waals surface area contributed by atoms with Crippen LogP contribution in [0, 0.1) is 0 Å². The number of aryl methyl sites for hydroxylation is 1. The van der Waals surface area contributed by atoms with Crippen molar-refractivity contribution in [1.29, 1.82) is 0 Å². The number of carbonyl (C=O) groups excluding carboxylic acids is 1. The number of nitrogens with one attached hydrogen (secondary N) is 1. The molecule has 0 saturated carbocycles. The number of nitrogens with zero attached hydrogens (tertiary/aromatic N) is 2. The Morgan fingerprint density at radius 3 is 2.30 bits per heavy atom. The molecule has 1 aromatic heterocycles. The minimum atomic E-state index is -3.79. The van der Waals surface area contributed by atoms with E-state index in [-0.39, 0.29) is 5.69 Å². The van der Waals surface area contributed by atoms with Gasteiger partial charge >= 0.3 is 0 Å². The van der Waals surface area contributed by atoms with E-state index in [1.165, 1.54) is 0 Å². The van der Waals surface area contributed by atoms with Gasteiger partial charge in [-0.05, 0) is 55.5 Å². The fourth-order valence-corrected chi connectivity index (χ4v) is 5.41. The number of ether oxygens (including phenoxy) is 1. The number of rotatable bonds is 8. The average molecular weight is 514 g/mol. The van der Waals surface area contributed by atoms with Crippen molar-refractivity contribution in [2.24, 2.45) is 0 Å². The van der Waals surface area contributed by atoms with Gasteiger partial charge in [-0.2, -0.15) is 0 Å². The van der Waals surface area contributed by atoms with E-state index in [0.717, 1.165) is 38.9 Å². The summed E-state index contributed by atoms with van der Waals surface area (Å²) in [5.74, 6) is 0.437. The van der Waals surface area contributed by atoms with Crippen molar-refractivity contribution in [3.8, 4) is 11.5 Å². The van der Waals surface area contributed by atoms with Crippen molar-refractivity contribution in [2.45, 2.75) is 13.5 Å². The Balaban J connectivity index is 1.43. The highest BCUT2D eigenvalue weighted by Gasteiger charge is 2.24. The molecule has 0 fully saturated rings. The van der Waals surface area contributed by atoms with Crippen LogP contribution in [0.25, 0.3) is 21.8 Å². The number of carbonyl (C=O) groups is 1. The number of hydrogen-bond acceptors (Lipinski definition) is 4. The molecule has 0 bridgehead atoms. The van der Waals surface area contributed by atoms with Gasteiger partial charge in [-0.25, -0.2) is 8.42 Å². The van der Waals surface area contributed by atoms with Gasteiger partial charge in [-0.15, -0.1) is 0 Å². The van der Waals surface area contributed by atoms with E-state index in [1.807, 2.05) is 48.5 Å². The van der Waals surface area contributed by atoms with Gasteiger partial charge in [0.25, 0.3) is 0 Å².